The third-order valence-electron chi connectivity index (χ3n) is 3.65. The number of thioether (sulfide) groups is 1. The molecule has 1 aliphatic rings. The number of benzene rings is 1. The molecule has 1 aliphatic heterocycles. The summed E-state index contributed by atoms with van der Waals surface area (Å²) in [5.74, 6) is -0.486. The third-order valence-corrected chi connectivity index (χ3v) is 5.84. The van der Waals surface area contributed by atoms with Crippen molar-refractivity contribution in [2.45, 2.75) is 13.8 Å². The van der Waals surface area contributed by atoms with Gasteiger partial charge < -0.3 is 5.32 Å². The van der Waals surface area contributed by atoms with Gasteiger partial charge in [0, 0.05) is 10.6 Å². The Kier molecular flexibility index (Phi) is 5.36. The lowest BCUT2D eigenvalue weighted by Crippen LogP contribution is -2.36. The average Bonchev–Trinajstić information content (AvgIpc) is 3.15. The van der Waals surface area contributed by atoms with Crippen LogP contribution in [0.4, 0.5) is 5.69 Å². The van der Waals surface area contributed by atoms with Crippen LogP contribution >= 0.6 is 35.3 Å². The standard InChI is InChI=1S/C18H16N2O2S3/c1-11-5-6-14(12(2)8-11)19-16(21)10-20-17(22)15(25-18(20)23)9-13-4-3-7-24-13/h3-9H,10H2,1-2H3,(H,19,21)/b15-9+. The van der Waals surface area contributed by atoms with Crippen LogP contribution in [0.3, 0.4) is 0 Å². The molecule has 2 aromatic rings. The zero-order valence-electron chi connectivity index (χ0n) is 13.7. The molecular formula is C18H16N2O2S3. The van der Waals surface area contributed by atoms with Gasteiger partial charge in [0.1, 0.15) is 10.9 Å². The van der Waals surface area contributed by atoms with Crippen LogP contribution in [0, 0.1) is 13.8 Å². The average molecular weight is 389 g/mol. The third kappa shape index (κ3) is 4.18. The van der Waals surface area contributed by atoms with Crippen molar-refractivity contribution < 1.29 is 9.59 Å². The summed E-state index contributed by atoms with van der Waals surface area (Å²) in [5.41, 5.74) is 2.86. The number of rotatable bonds is 4. The lowest BCUT2D eigenvalue weighted by Gasteiger charge is -2.15. The minimum atomic E-state index is -0.263. The Morgan fingerprint density at radius 1 is 1.32 bits per heavy atom. The van der Waals surface area contributed by atoms with E-state index < -0.39 is 0 Å². The van der Waals surface area contributed by atoms with Crippen LogP contribution in [0.15, 0.2) is 40.6 Å². The van der Waals surface area contributed by atoms with E-state index in [0.717, 1.165) is 21.7 Å². The molecule has 1 N–H and O–H groups in total. The van der Waals surface area contributed by atoms with Gasteiger partial charge >= 0.3 is 0 Å². The van der Waals surface area contributed by atoms with E-state index in [2.05, 4.69) is 5.32 Å². The van der Waals surface area contributed by atoms with Crippen molar-refractivity contribution >= 4 is 63.2 Å². The first-order chi connectivity index (χ1) is 11.9. The first-order valence-corrected chi connectivity index (χ1v) is 9.70. The maximum atomic E-state index is 12.5. The Balaban J connectivity index is 1.69. The van der Waals surface area contributed by atoms with Crippen molar-refractivity contribution in [3.05, 3.63) is 56.6 Å². The van der Waals surface area contributed by atoms with Gasteiger partial charge in [-0.1, -0.05) is 47.7 Å². The van der Waals surface area contributed by atoms with Crippen LogP contribution in [0.5, 0.6) is 0 Å². The number of hydrogen-bond acceptors (Lipinski definition) is 5. The first-order valence-electron chi connectivity index (χ1n) is 7.60. The quantitative estimate of drug-likeness (QED) is 0.630. The number of nitrogens with one attached hydrogen (secondary N) is 1. The van der Waals surface area contributed by atoms with Gasteiger partial charge in [0.25, 0.3) is 5.91 Å². The number of carbonyl (C=O) groups is 2. The van der Waals surface area contributed by atoms with E-state index in [-0.39, 0.29) is 18.4 Å². The zero-order valence-corrected chi connectivity index (χ0v) is 16.2. The van der Waals surface area contributed by atoms with Crippen LogP contribution in [-0.2, 0) is 9.59 Å². The predicted molar refractivity (Wildman–Crippen MR) is 109 cm³/mol. The van der Waals surface area contributed by atoms with Gasteiger partial charge in [-0.15, -0.1) is 11.3 Å². The molecule has 0 aliphatic carbocycles. The number of hydrogen-bond donors (Lipinski definition) is 1. The highest BCUT2D eigenvalue weighted by molar-refractivity contribution is 8.26. The second-order valence-electron chi connectivity index (χ2n) is 5.65. The highest BCUT2D eigenvalue weighted by atomic mass is 32.2. The largest absolute Gasteiger partial charge is 0.324 e. The zero-order chi connectivity index (χ0) is 18.0. The van der Waals surface area contributed by atoms with E-state index >= 15 is 0 Å². The Hall–Kier alpha value is -1.96. The molecule has 25 heavy (non-hydrogen) atoms. The topological polar surface area (TPSA) is 49.4 Å². The van der Waals surface area contributed by atoms with Crippen LogP contribution in [0.25, 0.3) is 6.08 Å². The van der Waals surface area contributed by atoms with Gasteiger partial charge in [-0.2, -0.15) is 0 Å². The van der Waals surface area contributed by atoms with Gasteiger partial charge in [-0.05, 0) is 43.0 Å². The molecule has 1 aromatic carbocycles. The summed E-state index contributed by atoms with van der Waals surface area (Å²) in [6.07, 6.45) is 1.81. The molecule has 3 rings (SSSR count). The minimum Gasteiger partial charge on any atom is -0.324 e. The maximum absolute atomic E-state index is 12.5. The van der Waals surface area contributed by atoms with Gasteiger partial charge in [0.05, 0.1) is 4.91 Å². The van der Waals surface area contributed by atoms with Crippen molar-refractivity contribution in [2.24, 2.45) is 0 Å². The van der Waals surface area contributed by atoms with Gasteiger partial charge in [-0.3, -0.25) is 14.5 Å². The van der Waals surface area contributed by atoms with Crippen LogP contribution in [0.2, 0.25) is 0 Å². The van der Waals surface area contributed by atoms with E-state index in [9.17, 15) is 9.59 Å². The molecule has 2 heterocycles. The highest BCUT2D eigenvalue weighted by Crippen LogP contribution is 2.33. The van der Waals surface area contributed by atoms with Gasteiger partial charge in [-0.25, -0.2) is 0 Å². The molecule has 4 nitrogen and oxygen atoms in total. The molecule has 0 unspecified atom stereocenters. The number of thiophene rings is 1. The van der Waals surface area contributed by atoms with Gasteiger partial charge in [0.2, 0.25) is 5.91 Å². The summed E-state index contributed by atoms with van der Waals surface area (Å²) in [4.78, 5) is 27.7. The molecule has 0 atom stereocenters. The first kappa shape index (κ1) is 17.8. The smallest absolute Gasteiger partial charge is 0.266 e. The lowest BCUT2D eigenvalue weighted by atomic mass is 10.1. The van der Waals surface area contributed by atoms with E-state index in [0.29, 0.717) is 9.23 Å². The minimum absolute atomic E-state index is 0.0836. The molecule has 128 valence electrons. The fraction of sp³-hybridized carbons (Fsp3) is 0.167. The fourth-order valence-corrected chi connectivity index (χ4v) is 4.40. The summed E-state index contributed by atoms with van der Waals surface area (Å²) in [6.45, 7) is 3.85. The normalized spacial score (nSPS) is 15.9. The Labute approximate surface area is 159 Å². The molecule has 1 aromatic heterocycles. The summed E-state index contributed by atoms with van der Waals surface area (Å²) < 4.78 is 0.406. The molecular weight excluding hydrogens is 372 g/mol. The van der Waals surface area contributed by atoms with Crippen LogP contribution in [-0.4, -0.2) is 27.6 Å². The van der Waals surface area contributed by atoms with Crippen molar-refractivity contribution in [3.8, 4) is 0 Å². The highest BCUT2D eigenvalue weighted by Gasteiger charge is 2.33. The number of amides is 2. The lowest BCUT2D eigenvalue weighted by molar-refractivity contribution is -0.126. The maximum Gasteiger partial charge on any atom is 0.266 e. The molecule has 1 saturated heterocycles. The number of thiocarbonyl (C=S) groups is 1. The summed E-state index contributed by atoms with van der Waals surface area (Å²) in [6, 6.07) is 9.66. The molecule has 0 radical (unpaired) electrons. The molecule has 2 amide bonds. The summed E-state index contributed by atoms with van der Waals surface area (Å²) in [7, 11) is 0. The monoisotopic (exact) mass is 388 g/mol. The Morgan fingerprint density at radius 3 is 2.80 bits per heavy atom. The summed E-state index contributed by atoms with van der Waals surface area (Å²) >= 11 is 8.05. The van der Waals surface area contributed by atoms with Gasteiger partial charge in [0.15, 0.2) is 0 Å². The van der Waals surface area contributed by atoms with Crippen molar-refractivity contribution in [1.29, 1.82) is 0 Å². The van der Waals surface area contributed by atoms with E-state index in [1.165, 1.54) is 16.7 Å². The Bertz CT molecular complexity index is 872. The van der Waals surface area contributed by atoms with E-state index in [1.807, 2.05) is 55.6 Å². The molecule has 7 heteroatoms. The molecule has 0 saturated carbocycles. The number of anilines is 1. The number of aryl methyl sites for hydroxylation is 2. The molecule has 0 spiro atoms. The van der Waals surface area contributed by atoms with E-state index in [1.54, 1.807) is 11.3 Å². The fourth-order valence-electron chi connectivity index (χ4n) is 2.43. The number of carbonyl (C=O) groups excluding carboxylic acids is 2. The van der Waals surface area contributed by atoms with Crippen molar-refractivity contribution in [2.75, 3.05) is 11.9 Å². The molecule has 0 bridgehead atoms. The summed E-state index contributed by atoms with van der Waals surface area (Å²) in [5, 5.41) is 4.80. The number of nitrogens with zero attached hydrogens (tertiary/aromatic N) is 1. The van der Waals surface area contributed by atoms with Crippen molar-refractivity contribution in [1.82, 2.24) is 4.90 Å². The van der Waals surface area contributed by atoms with Crippen molar-refractivity contribution in [3.63, 3.8) is 0 Å². The second kappa shape index (κ2) is 7.51. The Morgan fingerprint density at radius 2 is 2.12 bits per heavy atom. The predicted octanol–water partition coefficient (Wildman–Crippen LogP) is 4.20. The van der Waals surface area contributed by atoms with Crippen LogP contribution < -0.4 is 5.32 Å². The molecule has 1 fully saturated rings. The van der Waals surface area contributed by atoms with E-state index in [4.69, 9.17) is 12.2 Å². The van der Waals surface area contributed by atoms with Crippen LogP contribution in [0.1, 0.15) is 16.0 Å². The SMILES string of the molecule is Cc1ccc(NC(=O)CN2C(=O)/C(=C\c3cccs3)SC2=S)c(C)c1. The second-order valence-corrected chi connectivity index (χ2v) is 8.30.